The summed E-state index contributed by atoms with van der Waals surface area (Å²) in [6.45, 7) is 3.49. The minimum Gasteiger partial charge on any atom is -0.508 e. The zero-order valence-electron chi connectivity index (χ0n) is 11.2. The van der Waals surface area contributed by atoms with E-state index in [0.29, 0.717) is 11.3 Å². The Morgan fingerprint density at radius 1 is 1.20 bits per heavy atom. The standard InChI is InChI=1S/C15H15FN2O2/c1-8-6-14(19)9(2)5-13(8)18-15(20)10-3-4-12(17)11(16)7-10/h3-7,19H,17H2,1-2H3,(H,18,20). The number of nitrogen functional groups attached to an aromatic ring is 1. The first-order valence-corrected chi connectivity index (χ1v) is 6.05. The van der Waals surface area contributed by atoms with E-state index >= 15 is 0 Å². The largest absolute Gasteiger partial charge is 0.508 e. The van der Waals surface area contributed by atoms with Crippen molar-refractivity contribution >= 4 is 17.3 Å². The van der Waals surface area contributed by atoms with Gasteiger partial charge in [-0.05, 0) is 55.3 Å². The van der Waals surface area contributed by atoms with E-state index in [4.69, 9.17) is 5.73 Å². The van der Waals surface area contributed by atoms with E-state index in [1.165, 1.54) is 12.1 Å². The number of carbonyl (C=O) groups excluding carboxylic acids is 1. The number of halogens is 1. The second-order valence-corrected chi connectivity index (χ2v) is 4.64. The number of aromatic hydroxyl groups is 1. The molecule has 4 nitrogen and oxygen atoms in total. The molecule has 0 saturated carbocycles. The number of hydrogen-bond donors (Lipinski definition) is 3. The number of amides is 1. The predicted molar refractivity (Wildman–Crippen MR) is 76.3 cm³/mol. The monoisotopic (exact) mass is 274 g/mol. The normalized spacial score (nSPS) is 10.3. The number of nitrogens with two attached hydrogens (primary N) is 1. The van der Waals surface area contributed by atoms with Crippen LogP contribution in [0.4, 0.5) is 15.8 Å². The van der Waals surface area contributed by atoms with E-state index < -0.39 is 11.7 Å². The van der Waals surface area contributed by atoms with Crippen molar-refractivity contribution in [3.05, 3.63) is 52.8 Å². The van der Waals surface area contributed by atoms with Gasteiger partial charge >= 0.3 is 0 Å². The van der Waals surface area contributed by atoms with Crippen LogP contribution in [0.5, 0.6) is 5.75 Å². The van der Waals surface area contributed by atoms with Gasteiger partial charge in [-0.3, -0.25) is 4.79 Å². The van der Waals surface area contributed by atoms with Crippen LogP contribution < -0.4 is 11.1 Å². The quantitative estimate of drug-likeness (QED) is 0.582. The molecule has 0 bridgehead atoms. The topological polar surface area (TPSA) is 75.4 Å². The highest BCUT2D eigenvalue weighted by molar-refractivity contribution is 6.04. The maximum atomic E-state index is 13.3. The zero-order chi connectivity index (χ0) is 14.9. The molecule has 0 aromatic heterocycles. The van der Waals surface area contributed by atoms with Crippen LogP contribution in [0, 0.1) is 19.7 Å². The van der Waals surface area contributed by atoms with Gasteiger partial charge in [0, 0.05) is 11.3 Å². The molecule has 5 heteroatoms. The molecule has 2 rings (SSSR count). The molecular formula is C15H15FN2O2. The molecule has 0 radical (unpaired) electrons. The average Bonchev–Trinajstić information content (AvgIpc) is 2.39. The van der Waals surface area contributed by atoms with Gasteiger partial charge in [-0.25, -0.2) is 4.39 Å². The average molecular weight is 274 g/mol. The lowest BCUT2D eigenvalue weighted by atomic mass is 10.1. The lowest BCUT2D eigenvalue weighted by Gasteiger charge is -2.11. The van der Waals surface area contributed by atoms with Gasteiger partial charge in [0.2, 0.25) is 0 Å². The van der Waals surface area contributed by atoms with Crippen molar-refractivity contribution in [3.8, 4) is 5.75 Å². The number of phenolic OH excluding ortho intramolecular Hbond substituents is 1. The van der Waals surface area contributed by atoms with Gasteiger partial charge in [-0.2, -0.15) is 0 Å². The van der Waals surface area contributed by atoms with Crippen molar-refractivity contribution in [2.24, 2.45) is 0 Å². The van der Waals surface area contributed by atoms with E-state index in [2.05, 4.69) is 5.32 Å². The fraction of sp³-hybridized carbons (Fsp3) is 0.133. The summed E-state index contributed by atoms with van der Waals surface area (Å²) in [5, 5.41) is 12.3. The first kappa shape index (κ1) is 13.9. The van der Waals surface area contributed by atoms with Crippen molar-refractivity contribution < 1.29 is 14.3 Å². The van der Waals surface area contributed by atoms with Crippen molar-refractivity contribution in [2.75, 3.05) is 11.1 Å². The number of rotatable bonds is 2. The van der Waals surface area contributed by atoms with Gasteiger partial charge in [-0.1, -0.05) is 0 Å². The number of phenols is 1. The lowest BCUT2D eigenvalue weighted by Crippen LogP contribution is -2.13. The van der Waals surface area contributed by atoms with Crippen molar-refractivity contribution in [3.63, 3.8) is 0 Å². The van der Waals surface area contributed by atoms with Crippen molar-refractivity contribution in [2.45, 2.75) is 13.8 Å². The lowest BCUT2D eigenvalue weighted by molar-refractivity contribution is 0.102. The van der Waals surface area contributed by atoms with E-state index in [9.17, 15) is 14.3 Å². The Bertz CT molecular complexity index is 684. The molecule has 0 atom stereocenters. The summed E-state index contributed by atoms with van der Waals surface area (Å²) in [5.74, 6) is -0.896. The van der Waals surface area contributed by atoms with Crippen LogP contribution in [-0.2, 0) is 0 Å². The van der Waals surface area contributed by atoms with Crippen LogP contribution in [0.3, 0.4) is 0 Å². The zero-order valence-corrected chi connectivity index (χ0v) is 11.2. The third kappa shape index (κ3) is 2.71. The van der Waals surface area contributed by atoms with Gasteiger partial charge < -0.3 is 16.2 Å². The highest BCUT2D eigenvalue weighted by Gasteiger charge is 2.11. The Morgan fingerprint density at radius 3 is 2.55 bits per heavy atom. The fourth-order valence-corrected chi connectivity index (χ4v) is 1.80. The summed E-state index contributed by atoms with van der Waals surface area (Å²) in [6, 6.07) is 7.12. The molecule has 0 aliphatic heterocycles. The fourth-order valence-electron chi connectivity index (χ4n) is 1.80. The molecule has 0 fully saturated rings. The van der Waals surface area contributed by atoms with Gasteiger partial charge in [0.1, 0.15) is 11.6 Å². The minimum absolute atomic E-state index is 0.00166. The first-order chi connectivity index (χ1) is 9.38. The molecule has 0 aliphatic carbocycles. The molecule has 4 N–H and O–H groups in total. The smallest absolute Gasteiger partial charge is 0.255 e. The number of benzene rings is 2. The Hall–Kier alpha value is -2.56. The molecule has 0 unspecified atom stereocenters. The van der Waals surface area contributed by atoms with Gasteiger partial charge in [0.25, 0.3) is 5.91 Å². The summed E-state index contributed by atoms with van der Waals surface area (Å²) in [7, 11) is 0. The van der Waals surface area contributed by atoms with Crippen LogP contribution in [0.15, 0.2) is 30.3 Å². The summed E-state index contributed by atoms with van der Waals surface area (Å²) >= 11 is 0. The molecular weight excluding hydrogens is 259 g/mol. The summed E-state index contributed by atoms with van der Waals surface area (Å²) in [4.78, 5) is 12.0. The Kier molecular flexibility index (Phi) is 3.61. The second kappa shape index (κ2) is 5.21. The molecule has 2 aromatic rings. The Balaban J connectivity index is 2.27. The van der Waals surface area contributed by atoms with Crippen LogP contribution in [0.25, 0.3) is 0 Å². The van der Waals surface area contributed by atoms with E-state index in [1.54, 1.807) is 26.0 Å². The molecule has 2 aromatic carbocycles. The molecule has 0 saturated heterocycles. The Labute approximate surface area is 116 Å². The number of aryl methyl sites for hydroxylation is 2. The third-order valence-corrected chi connectivity index (χ3v) is 3.05. The minimum atomic E-state index is -0.628. The summed E-state index contributed by atoms with van der Waals surface area (Å²) < 4.78 is 13.3. The molecule has 0 heterocycles. The van der Waals surface area contributed by atoms with Gasteiger partial charge in [-0.15, -0.1) is 0 Å². The number of nitrogens with one attached hydrogen (secondary N) is 1. The summed E-state index contributed by atoms with van der Waals surface area (Å²) in [6.07, 6.45) is 0. The van der Waals surface area contributed by atoms with Crippen LogP contribution in [0.2, 0.25) is 0 Å². The maximum Gasteiger partial charge on any atom is 0.255 e. The van der Waals surface area contributed by atoms with E-state index in [1.807, 2.05) is 0 Å². The third-order valence-electron chi connectivity index (χ3n) is 3.05. The number of carbonyl (C=O) groups is 1. The SMILES string of the molecule is Cc1cc(NC(=O)c2ccc(N)c(F)c2)c(C)cc1O. The van der Waals surface area contributed by atoms with Crippen molar-refractivity contribution in [1.29, 1.82) is 0 Å². The molecule has 104 valence electrons. The molecule has 0 aliphatic rings. The van der Waals surface area contributed by atoms with Crippen molar-refractivity contribution in [1.82, 2.24) is 0 Å². The van der Waals surface area contributed by atoms with Crippen LogP contribution >= 0.6 is 0 Å². The first-order valence-electron chi connectivity index (χ1n) is 6.05. The predicted octanol–water partition coefficient (Wildman–Crippen LogP) is 2.98. The number of anilines is 2. The van der Waals surface area contributed by atoms with E-state index in [-0.39, 0.29) is 17.0 Å². The number of hydrogen-bond acceptors (Lipinski definition) is 3. The van der Waals surface area contributed by atoms with Gasteiger partial charge in [0.15, 0.2) is 0 Å². The Morgan fingerprint density at radius 2 is 1.90 bits per heavy atom. The summed E-state index contributed by atoms with van der Waals surface area (Å²) in [5.41, 5.74) is 7.49. The molecule has 20 heavy (non-hydrogen) atoms. The van der Waals surface area contributed by atoms with Crippen LogP contribution in [-0.4, -0.2) is 11.0 Å². The second-order valence-electron chi connectivity index (χ2n) is 4.64. The highest BCUT2D eigenvalue weighted by atomic mass is 19.1. The molecule has 0 spiro atoms. The van der Waals surface area contributed by atoms with E-state index in [0.717, 1.165) is 11.6 Å². The maximum absolute atomic E-state index is 13.3. The van der Waals surface area contributed by atoms with Gasteiger partial charge in [0.05, 0.1) is 5.69 Å². The van der Waals surface area contributed by atoms with Crippen LogP contribution in [0.1, 0.15) is 21.5 Å². The highest BCUT2D eigenvalue weighted by Crippen LogP contribution is 2.25. The molecule has 1 amide bonds.